The highest BCUT2D eigenvalue weighted by atomic mass is 16.5. The van der Waals surface area contributed by atoms with Gasteiger partial charge in [0.2, 0.25) is 5.90 Å². The summed E-state index contributed by atoms with van der Waals surface area (Å²) in [6.45, 7) is 11.4. The molecule has 1 aromatic carbocycles. The Morgan fingerprint density at radius 1 is 1.29 bits per heavy atom. The molecule has 0 fully saturated rings. The van der Waals surface area contributed by atoms with Crippen LogP contribution in [0, 0.1) is 6.92 Å². The minimum Gasteiger partial charge on any atom is -0.475 e. The molecular formula is C15H21NO. The summed E-state index contributed by atoms with van der Waals surface area (Å²) in [6, 6.07) is 6.53. The van der Waals surface area contributed by atoms with E-state index >= 15 is 0 Å². The first-order valence-electron chi connectivity index (χ1n) is 6.22. The van der Waals surface area contributed by atoms with Crippen LogP contribution >= 0.6 is 0 Å². The van der Waals surface area contributed by atoms with E-state index in [0.717, 1.165) is 11.5 Å². The van der Waals surface area contributed by atoms with E-state index in [1.54, 1.807) is 0 Å². The van der Waals surface area contributed by atoms with Gasteiger partial charge in [0.05, 0.1) is 5.54 Å². The number of hydrogen-bond acceptors (Lipinski definition) is 2. The van der Waals surface area contributed by atoms with Gasteiger partial charge in [-0.3, -0.25) is 0 Å². The topological polar surface area (TPSA) is 21.6 Å². The number of hydrogen-bond donors (Lipinski definition) is 0. The Morgan fingerprint density at radius 3 is 2.47 bits per heavy atom. The lowest BCUT2D eigenvalue weighted by Gasteiger charge is -2.10. The largest absolute Gasteiger partial charge is 0.475 e. The number of aliphatic imine (C=N–C) groups is 1. The highest BCUT2D eigenvalue weighted by Gasteiger charge is 2.27. The van der Waals surface area contributed by atoms with Gasteiger partial charge in [0, 0.05) is 5.56 Å². The van der Waals surface area contributed by atoms with Crippen molar-refractivity contribution in [3.63, 3.8) is 0 Å². The van der Waals surface area contributed by atoms with Crippen molar-refractivity contribution in [1.82, 2.24) is 0 Å². The molecule has 2 rings (SSSR count). The summed E-state index contributed by atoms with van der Waals surface area (Å²) in [5.74, 6) is 1.36. The molecule has 92 valence electrons. The predicted molar refractivity (Wildman–Crippen MR) is 71.8 cm³/mol. The van der Waals surface area contributed by atoms with Crippen molar-refractivity contribution in [2.45, 2.75) is 46.1 Å². The zero-order valence-electron chi connectivity index (χ0n) is 11.4. The van der Waals surface area contributed by atoms with E-state index in [-0.39, 0.29) is 5.54 Å². The van der Waals surface area contributed by atoms with E-state index < -0.39 is 0 Å². The second kappa shape index (κ2) is 4.17. The summed E-state index contributed by atoms with van der Waals surface area (Å²) in [5.41, 5.74) is 3.65. The molecule has 0 bridgehead atoms. The first-order chi connectivity index (χ1) is 7.89. The van der Waals surface area contributed by atoms with Gasteiger partial charge in [-0.15, -0.1) is 0 Å². The fraction of sp³-hybridized carbons (Fsp3) is 0.533. The summed E-state index contributed by atoms with van der Waals surface area (Å²) in [7, 11) is 0. The van der Waals surface area contributed by atoms with Crippen LogP contribution in [0.25, 0.3) is 0 Å². The van der Waals surface area contributed by atoms with Crippen molar-refractivity contribution in [3.05, 3.63) is 34.9 Å². The molecule has 0 atom stereocenters. The Morgan fingerprint density at radius 2 is 2.00 bits per heavy atom. The van der Waals surface area contributed by atoms with Crippen LogP contribution in [0.2, 0.25) is 0 Å². The van der Waals surface area contributed by atoms with Crippen LogP contribution in [-0.2, 0) is 4.74 Å². The van der Waals surface area contributed by atoms with Crippen molar-refractivity contribution >= 4 is 5.90 Å². The van der Waals surface area contributed by atoms with Crippen LogP contribution in [-0.4, -0.2) is 18.0 Å². The second-order valence-electron chi connectivity index (χ2n) is 5.75. The van der Waals surface area contributed by atoms with Crippen LogP contribution < -0.4 is 0 Å². The van der Waals surface area contributed by atoms with Crippen molar-refractivity contribution in [3.8, 4) is 0 Å². The first kappa shape index (κ1) is 12.2. The molecule has 0 aliphatic carbocycles. The van der Waals surface area contributed by atoms with E-state index in [9.17, 15) is 0 Å². The third-order valence-corrected chi connectivity index (χ3v) is 3.11. The van der Waals surface area contributed by atoms with Crippen molar-refractivity contribution < 1.29 is 4.74 Å². The van der Waals surface area contributed by atoms with Gasteiger partial charge in [0.15, 0.2) is 0 Å². The van der Waals surface area contributed by atoms with E-state index in [1.165, 1.54) is 11.1 Å². The molecule has 2 nitrogen and oxygen atoms in total. The SMILES string of the molecule is Cc1cc(C(C)C)ccc1C1=NC(C)(C)CO1. The van der Waals surface area contributed by atoms with Crippen LogP contribution in [0.3, 0.4) is 0 Å². The highest BCUT2D eigenvalue weighted by molar-refractivity contribution is 5.96. The molecule has 0 spiro atoms. The molecule has 1 heterocycles. The molecule has 0 saturated carbocycles. The standard InChI is InChI=1S/C15H21NO/c1-10(2)12-6-7-13(11(3)8-12)14-16-15(4,5)9-17-14/h6-8,10H,9H2,1-5H3. The Kier molecular flexibility index (Phi) is 2.98. The molecule has 2 heteroatoms. The lowest BCUT2D eigenvalue weighted by atomic mass is 9.98. The number of nitrogens with zero attached hydrogens (tertiary/aromatic N) is 1. The predicted octanol–water partition coefficient (Wildman–Crippen LogP) is 3.67. The molecule has 17 heavy (non-hydrogen) atoms. The lowest BCUT2D eigenvalue weighted by molar-refractivity contribution is 0.279. The molecule has 1 aliphatic rings. The molecular weight excluding hydrogens is 210 g/mol. The Labute approximate surface area is 104 Å². The molecule has 0 radical (unpaired) electrons. The summed E-state index contributed by atoms with van der Waals surface area (Å²) in [5, 5.41) is 0. The van der Waals surface area contributed by atoms with Gasteiger partial charge in [-0.1, -0.05) is 26.0 Å². The van der Waals surface area contributed by atoms with Crippen LogP contribution in [0.1, 0.15) is 50.3 Å². The molecule has 0 unspecified atom stereocenters. The van der Waals surface area contributed by atoms with Gasteiger partial charge in [-0.25, -0.2) is 4.99 Å². The molecule has 1 aliphatic heterocycles. The third-order valence-electron chi connectivity index (χ3n) is 3.11. The summed E-state index contributed by atoms with van der Waals surface area (Å²) >= 11 is 0. The van der Waals surface area contributed by atoms with Crippen LogP contribution in [0.15, 0.2) is 23.2 Å². The molecule has 0 saturated heterocycles. The van der Waals surface area contributed by atoms with E-state index in [0.29, 0.717) is 12.5 Å². The molecule has 0 amide bonds. The zero-order valence-corrected chi connectivity index (χ0v) is 11.4. The summed E-state index contributed by atoms with van der Waals surface area (Å²) in [6.07, 6.45) is 0. The van der Waals surface area contributed by atoms with E-state index in [1.807, 2.05) is 0 Å². The van der Waals surface area contributed by atoms with Crippen LogP contribution in [0.4, 0.5) is 0 Å². The molecule has 0 N–H and O–H groups in total. The maximum absolute atomic E-state index is 5.69. The number of aryl methyl sites for hydroxylation is 1. The quantitative estimate of drug-likeness (QED) is 0.761. The van der Waals surface area contributed by atoms with Gasteiger partial charge in [0.1, 0.15) is 6.61 Å². The minimum absolute atomic E-state index is 0.0848. The second-order valence-corrected chi connectivity index (χ2v) is 5.75. The average molecular weight is 231 g/mol. The first-order valence-corrected chi connectivity index (χ1v) is 6.22. The monoisotopic (exact) mass is 231 g/mol. The fourth-order valence-corrected chi connectivity index (χ4v) is 2.01. The smallest absolute Gasteiger partial charge is 0.217 e. The van der Waals surface area contributed by atoms with Gasteiger partial charge in [0.25, 0.3) is 0 Å². The fourth-order valence-electron chi connectivity index (χ4n) is 2.01. The van der Waals surface area contributed by atoms with Crippen molar-refractivity contribution in [2.24, 2.45) is 4.99 Å². The zero-order chi connectivity index (χ0) is 12.6. The molecule has 0 aromatic heterocycles. The van der Waals surface area contributed by atoms with Gasteiger partial charge >= 0.3 is 0 Å². The van der Waals surface area contributed by atoms with Gasteiger partial charge < -0.3 is 4.74 Å². The third kappa shape index (κ3) is 2.51. The number of ether oxygens (including phenoxy) is 1. The minimum atomic E-state index is -0.0848. The van der Waals surface area contributed by atoms with Crippen molar-refractivity contribution in [2.75, 3.05) is 6.61 Å². The van der Waals surface area contributed by atoms with Crippen molar-refractivity contribution in [1.29, 1.82) is 0 Å². The summed E-state index contributed by atoms with van der Waals surface area (Å²) in [4.78, 5) is 4.62. The number of benzene rings is 1. The lowest BCUT2D eigenvalue weighted by Crippen LogP contribution is -2.17. The Balaban J connectivity index is 2.35. The van der Waals surface area contributed by atoms with Gasteiger partial charge in [-0.05, 0) is 43.9 Å². The van der Waals surface area contributed by atoms with Crippen LogP contribution in [0.5, 0.6) is 0 Å². The summed E-state index contributed by atoms with van der Waals surface area (Å²) < 4.78 is 5.69. The normalized spacial score (nSPS) is 18.1. The highest BCUT2D eigenvalue weighted by Crippen LogP contribution is 2.24. The Bertz CT molecular complexity index is 458. The van der Waals surface area contributed by atoms with E-state index in [4.69, 9.17) is 4.74 Å². The average Bonchev–Trinajstić information content (AvgIpc) is 2.58. The van der Waals surface area contributed by atoms with Gasteiger partial charge in [-0.2, -0.15) is 0 Å². The van der Waals surface area contributed by atoms with E-state index in [2.05, 4.69) is 57.8 Å². The number of rotatable bonds is 2. The maximum Gasteiger partial charge on any atom is 0.217 e. The molecule has 1 aromatic rings. The maximum atomic E-state index is 5.69. The Hall–Kier alpha value is -1.31.